The monoisotopic (exact) mass is 447 g/mol. The molecule has 0 aliphatic rings. The molecule has 0 saturated heterocycles. The summed E-state index contributed by atoms with van der Waals surface area (Å²) in [5, 5.41) is 4.28. The number of rotatable bonds is 5. The molecule has 0 atom stereocenters. The minimum absolute atomic E-state index is 0.0263. The minimum Gasteiger partial charge on any atom is -0.493 e. The lowest BCUT2D eigenvalue weighted by Crippen LogP contribution is -2.42. The van der Waals surface area contributed by atoms with E-state index in [9.17, 15) is 14.0 Å². The second-order valence-corrected chi connectivity index (χ2v) is 7.33. The van der Waals surface area contributed by atoms with Crippen LogP contribution in [-0.4, -0.2) is 33.3 Å². The van der Waals surface area contributed by atoms with Gasteiger partial charge in [-0.3, -0.25) is 20.4 Å². The Morgan fingerprint density at radius 3 is 2.27 bits per heavy atom. The number of amides is 2. The number of nitrogens with one attached hydrogen (secondary N) is 2. The molecule has 2 amide bonds. The summed E-state index contributed by atoms with van der Waals surface area (Å²) >= 11 is 0. The normalized spacial score (nSPS) is 10.7. The highest BCUT2D eigenvalue weighted by Crippen LogP contribution is 2.22. The van der Waals surface area contributed by atoms with Crippen molar-refractivity contribution in [1.82, 2.24) is 25.2 Å². The van der Waals surface area contributed by atoms with Crippen LogP contribution in [0.15, 0.2) is 66.9 Å². The molecule has 8 nitrogen and oxygen atoms in total. The van der Waals surface area contributed by atoms with E-state index in [1.807, 2.05) is 41.8 Å². The van der Waals surface area contributed by atoms with Gasteiger partial charge in [0.05, 0.1) is 24.6 Å². The molecule has 168 valence electrons. The van der Waals surface area contributed by atoms with Crippen molar-refractivity contribution in [2.24, 2.45) is 0 Å². The zero-order chi connectivity index (χ0) is 23.5. The Bertz CT molecular complexity index is 1310. The number of hydrazine groups is 1. The first kappa shape index (κ1) is 21.8. The molecule has 33 heavy (non-hydrogen) atoms. The number of hydrogen-bond donors (Lipinski definition) is 2. The second kappa shape index (κ2) is 8.99. The Morgan fingerprint density at radius 1 is 0.939 bits per heavy atom. The Kier molecular flexibility index (Phi) is 5.95. The zero-order valence-corrected chi connectivity index (χ0v) is 18.3. The molecule has 2 N–H and O–H groups in total. The summed E-state index contributed by atoms with van der Waals surface area (Å²) in [6.07, 6.45) is 1.59. The number of hydrogen-bond acceptors (Lipinski definition) is 4. The molecule has 0 unspecified atom stereocenters. The highest BCUT2D eigenvalue weighted by Gasteiger charge is 2.21. The molecule has 2 heterocycles. The third kappa shape index (κ3) is 4.33. The highest BCUT2D eigenvalue weighted by atomic mass is 19.1. The van der Waals surface area contributed by atoms with Crippen molar-refractivity contribution in [3.05, 3.63) is 95.3 Å². The van der Waals surface area contributed by atoms with Gasteiger partial charge in [0.25, 0.3) is 11.8 Å². The highest BCUT2D eigenvalue weighted by molar-refractivity contribution is 6.00. The van der Waals surface area contributed by atoms with E-state index in [0.29, 0.717) is 11.3 Å². The van der Waals surface area contributed by atoms with Gasteiger partial charge >= 0.3 is 0 Å². The number of methoxy groups -OCH3 is 1. The third-order valence-electron chi connectivity index (χ3n) is 5.19. The van der Waals surface area contributed by atoms with Gasteiger partial charge in [0.15, 0.2) is 11.4 Å². The van der Waals surface area contributed by atoms with Crippen LogP contribution in [0.1, 0.15) is 32.2 Å². The molecule has 0 aliphatic carbocycles. The van der Waals surface area contributed by atoms with Gasteiger partial charge in [-0.15, -0.1) is 0 Å². The van der Waals surface area contributed by atoms with Gasteiger partial charge in [-0.05, 0) is 56.3 Å². The Balaban J connectivity index is 1.51. The third-order valence-corrected chi connectivity index (χ3v) is 5.19. The number of ether oxygens (including phenoxy) is 1. The molecule has 0 radical (unpaired) electrons. The van der Waals surface area contributed by atoms with Crippen LogP contribution < -0.4 is 15.6 Å². The summed E-state index contributed by atoms with van der Waals surface area (Å²) in [7, 11) is 1.44. The van der Waals surface area contributed by atoms with Gasteiger partial charge in [-0.25, -0.2) is 9.07 Å². The average Bonchev–Trinajstić information content (AvgIpc) is 3.39. The van der Waals surface area contributed by atoms with Crippen molar-refractivity contribution in [3.63, 3.8) is 0 Å². The van der Waals surface area contributed by atoms with Gasteiger partial charge in [0, 0.05) is 17.1 Å². The average molecular weight is 447 g/mol. The largest absolute Gasteiger partial charge is 0.493 e. The van der Waals surface area contributed by atoms with Crippen LogP contribution in [0.2, 0.25) is 0 Å². The number of para-hydroxylation sites is 1. The van der Waals surface area contributed by atoms with E-state index >= 15 is 0 Å². The smallest absolute Gasteiger partial charge is 0.294 e. The summed E-state index contributed by atoms with van der Waals surface area (Å²) in [5.41, 5.74) is 8.13. The van der Waals surface area contributed by atoms with E-state index in [1.165, 1.54) is 23.9 Å². The maximum atomic E-state index is 13.3. The van der Waals surface area contributed by atoms with E-state index in [0.717, 1.165) is 17.1 Å². The second-order valence-electron chi connectivity index (χ2n) is 7.33. The number of carbonyl (C=O) groups is 2. The first-order valence-electron chi connectivity index (χ1n) is 10.1. The van der Waals surface area contributed by atoms with Crippen LogP contribution >= 0.6 is 0 Å². The maximum absolute atomic E-state index is 13.3. The van der Waals surface area contributed by atoms with Crippen molar-refractivity contribution >= 4 is 11.8 Å². The summed E-state index contributed by atoms with van der Waals surface area (Å²) in [6.45, 7) is 3.62. The molecule has 9 heteroatoms. The Labute approximate surface area is 189 Å². The SMILES string of the molecule is COc1cn(-c2ccccc2)nc1C(=O)NNC(=O)c1cc(C)n(-c2ccc(F)cc2)c1C. The van der Waals surface area contributed by atoms with Crippen LogP contribution in [0.25, 0.3) is 11.4 Å². The van der Waals surface area contributed by atoms with Gasteiger partial charge < -0.3 is 9.30 Å². The quantitative estimate of drug-likeness (QED) is 0.458. The first-order chi connectivity index (χ1) is 15.9. The number of carbonyl (C=O) groups excluding carboxylic acids is 2. The molecule has 0 aliphatic heterocycles. The number of benzene rings is 2. The van der Waals surface area contributed by atoms with Crippen LogP contribution in [0.3, 0.4) is 0 Å². The minimum atomic E-state index is -0.623. The molecule has 0 spiro atoms. The summed E-state index contributed by atoms with van der Waals surface area (Å²) < 4.78 is 21.9. The van der Waals surface area contributed by atoms with Crippen LogP contribution in [0, 0.1) is 19.7 Å². The Hall–Kier alpha value is -4.40. The van der Waals surface area contributed by atoms with Crippen molar-refractivity contribution in [2.45, 2.75) is 13.8 Å². The summed E-state index contributed by atoms with van der Waals surface area (Å²) in [4.78, 5) is 25.5. The molecule has 2 aromatic heterocycles. The molecule has 0 fully saturated rings. The number of aryl methyl sites for hydroxylation is 1. The zero-order valence-electron chi connectivity index (χ0n) is 18.3. The number of nitrogens with zero attached hydrogens (tertiary/aromatic N) is 3. The Morgan fingerprint density at radius 2 is 1.61 bits per heavy atom. The van der Waals surface area contributed by atoms with Crippen LogP contribution in [0.4, 0.5) is 4.39 Å². The predicted molar refractivity (Wildman–Crippen MR) is 120 cm³/mol. The number of aromatic nitrogens is 3. The van der Waals surface area contributed by atoms with Gasteiger partial charge in [0.2, 0.25) is 0 Å². The predicted octanol–water partition coefficient (Wildman–Crippen LogP) is 3.50. The van der Waals surface area contributed by atoms with E-state index in [1.54, 1.807) is 31.3 Å². The molecular weight excluding hydrogens is 425 g/mol. The van der Waals surface area contributed by atoms with E-state index in [4.69, 9.17) is 4.74 Å². The fourth-order valence-corrected chi connectivity index (χ4v) is 3.60. The topological polar surface area (TPSA) is 90.2 Å². The first-order valence-corrected chi connectivity index (χ1v) is 10.1. The molecule has 4 rings (SSSR count). The molecule has 2 aromatic carbocycles. The standard InChI is InChI=1S/C24H22FN5O3/c1-15-13-20(16(2)30(15)19-11-9-17(25)10-12-19)23(31)26-27-24(32)22-21(33-3)14-29(28-22)18-7-5-4-6-8-18/h4-14H,1-3H3,(H,26,31)(H,27,32). The van der Waals surface area contributed by atoms with Crippen LogP contribution in [-0.2, 0) is 0 Å². The van der Waals surface area contributed by atoms with Crippen molar-refractivity contribution in [3.8, 4) is 17.1 Å². The molecule has 0 bridgehead atoms. The van der Waals surface area contributed by atoms with E-state index < -0.39 is 11.8 Å². The van der Waals surface area contributed by atoms with Crippen LogP contribution in [0.5, 0.6) is 5.75 Å². The number of halogens is 1. The van der Waals surface area contributed by atoms with E-state index in [2.05, 4.69) is 16.0 Å². The van der Waals surface area contributed by atoms with Crippen molar-refractivity contribution < 1.29 is 18.7 Å². The molecule has 4 aromatic rings. The van der Waals surface area contributed by atoms with Gasteiger partial charge in [0.1, 0.15) is 5.82 Å². The van der Waals surface area contributed by atoms with Crippen molar-refractivity contribution in [1.29, 1.82) is 0 Å². The van der Waals surface area contributed by atoms with E-state index in [-0.39, 0.29) is 17.3 Å². The lowest BCUT2D eigenvalue weighted by atomic mass is 10.2. The van der Waals surface area contributed by atoms with Gasteiger partial charge in [-0.1, -0.05) is 18.2 Å². The summed E-state index contributed by atoms with van der Waals surface area (Å²) in [5.74, 6) is -1.19. The lowest BCUT2D eigenvalue weighted by molar-refractivity contribution is 0.0841. The molecular formula is C24H22FN5O3. The fraction of sp³-hybridized carbons (Fsp3) is 0.125. The fourth-order valence-electron chi connectivity index (χ4n) is 3.60. The maximum Gasteiger partial charge on any atom is 0.294 e. The lowest BCUT2D eigenvalue weighted by Gasteiger charge is -2.10. The summed E-state index contributed by atoms with van der Waals surface area (Å²) in [6, 6.07) is 16.9. The molecule has 0 saturated carbocycles. The van der Waals surface area contributed by atoms with Gasteiger partial charge in [-0.2, -0.15) is 5.10 Å². The van der Waals surface area contributed by atoms with Crippen molar-refractivity contribution in [2.75, 3.05) is 7.11 Å².